The maximum Gasteiger partial charge on any atom is 0.146 e. The first-order chi connectivity index (χ1) is 8.11. The number of anilines is 1. The summed E-state index contributed by atoms with van der Waals surface area (Å²) in [6.07, 6.45) is 1.72. The van der Waals surface area contributed by atoms with Crippen LogP contribution in [0.25, 0.3) is 0 Å². The van der Waals surface area contributed by atoms with Gasteiger partial charge in [-0.2, -0.15) is 0 Å². The lowest BCUT2D eigenvalue weighted by Gasteiger charge is -2.28. The molecule has 0 atom stereocenters. The van der Waals surface area contributed by atoms with Crippen LogP contribution in [0, 0.1) is 11.6 Å². The van der Waals surface area contributed by atoms with E-state index in [0.717, 1.165) is 25.9 Å². The number of piperidine rings is 1. The lowest BCUT2D eigenvalue weighted by atomic mass is 9.88. The number of nitrogens with one attached hydrogen (secondary N) is 1. The molecule has 0 spiro atoms. The lowest BCUT2D eigenvalue weighted by Crippen LogP contribution is -2.28. The Labute approximate surface area is 101 Å². The zero-order valence-electron chi connectivity index (χ0n) is 10.3. The summed E-state index contributed by atoms with van der Waals surface area (Å²) in [5.74, 6) is -0.517. The summed E-state index contributed by atoms with van der Waals surface area (Å²) in [4.78, 5) is 1.66. The molecule has 1 saturated heterocycles. The van der Waals surface area contributed by atoms with E-state index >= 15 is 0 Å². The summed E-state index contributed by atoms with van der Waals surface area (Å²) < 4.78 is 27.8. The second kappa shape index (κ2) is 5.00. The van der Waals surface area contributed by atoms with Gasteiger partial charge in [0.05, 0.1) is 5.69 Å². The number of hydrogen-bond donors (Lipinski definition) is 1. The van der Waals surface area contributed by atoms with Gasteiger partial charge < -0.3 is 10.2 Å². The van der Waals surface area contributed by atoms with Crippen molar-refractivity contribution >= 4 is 5.69 Å². The molecule has 0 aromatic heterocycles. The average molecular weight is 240 g/mol. The maximum absolute atomic E-state index is 14.0. The molecule has 1 aliphatic rings. The second-order valence-corrected chi connectivity index (χ2v) is 4.71. The van der Waals surface area contributed by atoms with Crippen molar-refractivity contribution in [1.82, 2.24) is 5.32 Å². The Morgan fingerprint density at radius 3 is 2.29 bits per heavy atom. The summed E-state index contributed by atoms with van der Waals surface area (Å²) in [6.45, 7) is 1.74. The molecular formula is C13H18F2N2. The minimum atomic E-state index is -0.343. The number of hydrogen-bond acceptors (Lipinski definition) is 2. The molecule has 4 heteroatoms. The minimum Gasteiger partial charge on any atom is -0.375 e. The van der Waals surface area contributed by atoms with Gasteiger partial charge in [-0.15, -0.1) is 0 Å². The number of benzene rings is 1. The normalized spacial score (nSPS) is 17.2. The predicted octanol–water partition coefficient (Wildman–Crippen LogP) is 2.50. The minimum absolute atomic E-state index is 0.115. The van der Waals surface area contributed by atoms with Gasteiger partial charge in [0, 0.05) is 19.7 Å². The van der Waals surface area contributed by atoms with Crippen molar-refractivity contribution in [2.24, 2.45) is 0 Å². The predicted molar refractivity (Wildman–Crippen MR) is 65.5 cm³/mol. The number of nitrogens with zero attached hydrogens (tertiary/aromatic N) is 1. The van der Waals surface area contributed by atoms with Gasteiger partial charge in [-0.05, 0) is 44.0 Å². The van der Waals surface area contributed by atoms with Crippen LogP contribution in [-0.4, -0.2) is 27.2 Å². The largest absolute Gasteiger partial charge is 0.375 e. The first-order valence-corrected chi connectivity index (χ1v) is 5.97. The Hall–Kier alpha value is -1.16. The van der Waals surface area contributed by atoms with Gasteiger partial charge in [0.2, 0.25) is 0 Å². The second-order valence-electron chi connectivity index (χ2n) is 4.71. The van der Waals surface area contributed by atoms with Crippen molar-refractivity contribution < 1.29 is 8.78 Å². The molecule has 1 fully saturated rings. The summed E-state index contributed by atoms with van der Waals surface area (Å²) >= 11 is 0. The van der Waals surface area contributed by atoms with E-state index in [1.54, 1.807) is 19.0 Å². The zero-order valence-corrected chi connectivity index (χ0v) is 10.3. The van der Waals surface area contributed by atoms with E-state index < -0.39 is 0 Å². The topological polar surface area (TPSA) is 15.3 Å². The molecule has 1 N–H and O–H groups in total. The molecular weight excluding hydrogens is 222 g/mol. The molecule has 1 aromatic carbocycles. The molecule has 2 rings (SSSR count). The molecule has 0 aliphatic carbocycles. The summed E-state index contributed by atoms with van der Waals surface area (Å²) in [7, 11) is 3.50. The van der Waals surface area contributed by atoms with E-state index in [1.165, 1.54) is 12.1 Å². The first-order valence-electron chi connectivity index (χ1n) is 5.97. The summed E-state index contributed by atoms with van der Waals surface area (Å²) in [5, 5.41) is 3.24. The highest BCUT2D eigenvalue weighted by Crippen LogP contribution is 2.36. The summed E-state index contributed by atoms with van der Waals surface area (Å²) in [5.41, 5.74) is 0.938. The molecule has 17 heavy (non-hydrogen) atoms. The Morgan fingerprint density at radius 1 is 1.12 bits per heavy atom. The first kappa shape index (κ1) is 12.3. The number of halogens is 2. The van der Waals surface area contributed by atoms with Crippen LogP contribution in [0.2, 0.25) is 0 Å². The van der Waals surface area contributed by atoms with Crippen molar-refractivity contribution in [3.05, 3.63) is 29.3 Å². The molecule has 0 unspecified atom stereocenters. The van der Waals surface area contributed by atoms with Crippen molar-refractivity contribution in [3.63, 3.8) is 0 Å². The van der Waals surface area contributed by atoms with Gasteiger partial charge in [-0.25, -0.2) is 8.78 Å². The highest BCUT2D eigenvalue weighted by Gasteiger charge is 2.24. The molecule has 0 bridgehead atoms. The highest BCUT2D eigenvalue weighted by molar-refractivity contribution is 5.56. The summed E-state index contributed by atoms with van der Waals surface area (Å²) in [6, 6.07) is 2.44. The number of rotatable bonds is 2. The third-order valence-electron chi connectivity index (χ3n) is 3.31. The smallest absolute Gasteiger partial charge is 0.146 e. The molecule has 1 aromatic rings. The fourth-order valence-corrected chi connectivity index (χ4v) is 2.51. The van der Waals surface area contributed by atoms with E-state index in [0.29, 0.717) is 11.3 Å². The Kier molecular flexibility index (Phi) is 3.62. The SMILES string of the molecule is CN(C)c1c(F)ccc(F)c1C1CCNCC1. The Morgan fingerprint density at radius 2 is 1.71 bits per heavy atom. The van der Waals surface area contributed by atoms with Crippen LogP contribution < -0.4 is 10.2 Å². The van der Waals surface area contributed by atoms with Gasteiger partial charge in [-0.3, -0.25) is 0 Å². The van der Waals surface area contributed by atoms with E-state index in [4.69, 9.17) is 0 Å². The molecule has 2 nitrogen and oxygen atoms in total. The van der Waals surface area contributed by atoms with Crippen LogP contribution in [0.5, 0.6) is 0 Å². The quantitative estimate of drug-likeness (QED) is 0.854. The Bertz CT molecular complexity index is 399. The van der Waals surface area contributed by atoms with Gasteiger partial charge in [-0.1, -0.05) is 0 Å². The fraction of sp³-hybridized carbons (Fsp3) is 0.538. The van der Waals surface area contributed by atoms with Gasteiger partial charge in [0.15, 0.2) is 0 Å². The van der Waals surface area contributed by atoms with E-state index in [2.05, 4.69) is 5.32 Å². The monoisotopic (exact) mass is 240 g/mol. The van der Waals surface area contributed by atoms with Crippen LogP contribution in [0.3, 0.4) is 0 Å². The van der Waals surface area contributed by atoms with Crippen molar-refractivity contribution in [1.29, 1.82) is 0 Å². The lowest BCUT2D eigenvalue weighted by molar-refractivity contribution is 0.442. The Balaban J connectivity index is 2.45. The van der Waals surface area contributed by atoms with Crippen LogP contribution in [-0.2, 0) is 0 Å². The third-order valence-corrected chi connectivity index (χ3v) is 3.31. The van der Waals surface area contributed by atoms with E-state index in [-0.39, 0.29) is 17.6 Å². The molecule has 0 saturated carbocycles. The van der Waals surface area contributed by atoms with Crippen molar-refractivity contribution in [2.45, 2.75) is 18.8 Å². The third kappa shape index (κ3) is 2.41. The van der Waals surface area contributed by atoms with Gasteiger partial charge in [0.1, 0.15) is 11.6 Å². The maximum atomic E-state index is 14.0. The van der Waals surface area contributed by atoms with E-state index in [9.17, 15) is 8.78 Å². The van der Waals surface area contributed by atoms with Crippen LogP contribution in [0.1, 0.15) is 24.3 Å². The van der Waals surface area contributed by atoms with Crippen LogP contribution in [0.15, 0.2) is 12.1 Å². The highest BCUT2D eigenvalue weighted by atomic mass is 19.1. The molecule has 1 aliphatic heterocycles. The molecule has 0 amide bonds. The van der Waals surface area contributed by atoms with Gasteiger partial charge in [0.25, 0.3) is 0 Å². The average Bonchev–Trinajstić information content (AvgIpc) is 2.32. The molecule has 1 heterocycles. The van der Waals surface area contributed by atoms with Crippen LogP contribution >= 0.6 is 0 Å². The molecule has 94 valence electrons. The molecule has 0 radical (unpaired) electrons. The van der Waals surface area contributed by atoms with Gasteiger partial charge >= 0.3 is 0 Å². The van der Waals surface area contributed by atoms with E-state index in [1.807, 2.05) is 0 Å². The standard InChI is InChI=1S/C13H18F2N2/c1-17(2)13-11(15)4-3-10(14)12(13)9-5-7-16-8-6-9/h3-4,9,16H,5-8H2,1-2H3. The van der Waals surface area contributed by atoms with Crippen molar-refractivity contribution in [2.75, 3.05) is 32.1 Å². The van der Waals surface area contributed by atoms with Crippen molar-refractivity contribution in [3.8, 4) is 0 Å². The zero-order chi connectivity index (χ0) is 12.4. The fourth-order valence-electron chi connectivity index (χ4n) is 2.51. The van der Waals surface area contributed by atoms with Crippen LogP contribution in [0.4, 0.5) is 14.5 Å².